The lowest BCUT2D eigenvalue weighted by atomic mass is 10.2. The zero-order valence-corrected chi connectivity index (χ0v) is 14.2. The van der Waals surface area contributed by atoms with Gasteiger partial charge in [0.15, 0.2) is 0 Å². The van der Waals surface area contributed by atoms with E-state index in [1.165, 1.54) is 18.0 Å². The number of hydrogen-bond acceptors (Lipinski definition) is 6. The van der Waals surface area contributed by atoms with Gasteiger partial charge in [-0.1, -0.05) is 41.6 Å². The number of nitrogens with zero attached hydrogens (tertiary/aromatic N) is 3. The second-order valence-electron chi connectivity index (χ2n) is 4.85. The maximum atomic E-state index is 12.2. The van der Waals surface area contributed by atoms with Gasteiger partial charge in [-0.2, -0.15) is 0 Å². The van der Waals surface area contributed by atoms with Gasteiger partial charge < -0.3 is 9.73 Å². The average Bonchev–Trinajstić information content (AvgIpc) is 3.06. The molecule has 24 heavy (non-hydrogen) atoms. The lowest BCUT2D eigenvalue weighted by molar-refractivity contribution is -0.115. The van der Waals surface area contributed by atoms with E-state index in [1.54, 1.807) is 19.1 Å². The zero-order valence-electron chi connectivity index (χ0n) is 12.6. The van der Waals surface area contributed by atoms with Crippen LogP contribution in [0.5, 0.6) is 0 Å². The minimum atomic E-state index is -0.424. The summed E-state index contributed by atoms with van der Waals surface area (Å²) >= 11 is 6.95. The van der Waals surface area contributed by atoms with Crippen molar-refractivity contribution >= 4 is 35.1 Å². The Kier molecular flexibility index (Phi) is 5.12. The predicted octanol–water partition coefficient (Wildman–Crippen LogP) is 3.90. The van der Waals surface area contributed by atoms with Crippen LogP contribution in [0.3, 0.4) is 0 Å². The minimum absolute atomic E-state index is 0.214. The molecule has 0 saturated carbocycles. The van der Waals surface area contributed by atoms with Crippen LogP contribution in [-0.2, 0) is 4.79 Å². The highest BCUT2D eigenvalue weighted by molar-refractivity contribution is 8.00. The molecule has 0 unspecified atom stereocenters. The van der Waals surface area contributed by atoms with Gasteiger partial charge in [0.25, 0.3) is 5.22 Å². The highest BCUT2D eigenvalue weighted by atomic mass is 35.5. The summed E-state index contributed by atoms with van der Waals surface area (Å²) in [6, 6.07) is 12.7. The number of aromatic nitrogens is 3. The summed E-state index contributed by atoms with van der Waals surface area (Å²) in [6.07, 6.45) is 1.47. The van der Waals surface area contributed by atoms with Gasteiger partial charge >= 0.3 is 0 Å². The molecule has 3 aromatic rings. The zero-order chi connectivity index (χ0) is 16.9. The van der Waals surface area contributed by atoms with Gasteiger partial charge in [-0.05, 0) is 31.2 Å². The van der Waals surface area contributed by atoms with Crippen molar-refractivity contribution in [3.63, 3.8) is 0 Å². The minimum Gasteiger partial charge on any atom is -0.411 e. The van der Waals surface area contributed by atoms with Crippen LogP contribution in [0, 0.1) is 0 Å². The third kappa shape index (κ3) is 4.12. The van der Waals surface area contributed by atoms with Crippen molar-refractivity contribution in [3.05, 3.63) is 53.7 Å². The number of benzene rings is 1. The van der Waals surface area contributed by atoms with Crippen molar-refractivity contribution in [2.75, 3.05) is 5.32 Å². The number of halogens is 1. The van der Waals surface area contributed by atoms with E-state index in [4.69, 9.17) is 16.0 Å². The molecule has 0 aliphatic carbocycles. The molecule has 6 nitrogen and oxygen atoms in total. The third-order valence-electron chi connectivity index (χ3n) is 3.05. The Bertz CT molecular complexity index is 824. The number of hydrogen-bond donors (Lipinski definition) is 1. The molecule has 3 rings (SSSR count). The molecule has 2 heterocycles. The third-order valence-corrected chi connectivity index (χ3v) is 4.21. The van der Waals surface area contributed by atoms with E-state index in [0.717, 1.165) is 5.56 Å². The summed E-state index contributed by atoms with van der Waals surface area (Å²) < 4.78 is 5.58. The highest BCUT2D eigenvalue weighted by Gasteiger charge is 2.19. The van der Waals surface area contributed by atoms with E-state index in [0.29, 0.717) is 22.0 Å². The first-order valence-corrected chi connectivity index (χ1v) is 8.35. The van der Waals surface area contributed by atoms with Gasteiger partial charge in [0.2, 0.25) is 11.8 Å². The van der Waals surface area contributed by atoms with Crippen LogP contribution in [0.4, 0.5) is 5.82 Å². The molecule has 1 aromatic carbocycles. The molecule has 2 aromatic heterocycles. The molecule has 122 valence electrons. The maximum absolute atomic E-state index is 12.2. The molecular weight excluding hydrogens is 348 g/mol. The van der Waals surface area contributed by atoms with Gasteiger partial charge in [-0.3, -0.25) is 4.79 Å². The number of rotatable bonds is 5. The fourth-order valence-corrected chi connectivity index (χ4v) is 2.63. The molecule has 0 aliphatic heterocycles. The van der Waals surface area contributed by atoms with Crippen LogP contribution in [0.2, 0.25) is 5.02 Å². The Morgan fingerprint density at radius 3 is 2.71 bits per heavy atom. The topological polar surface area (TPSA) is 80.9 Å². The number of pyridine rings is 1. The Morgan fingerprint density at radius 2 is 2.00 bits per heavy atom. The number of anilines is 1. The van der Waals surface area contributed by atoms with Gasteiger partial charge in [0.1, 0.15) is 5.82 Å². The first-order valence-electron chi connectivity index (χ1n) is 7.10. The Morgan fingerprint density at radius 1 is 1.21 bits per heavy atom. The summed E-state index contributed by atoms with van der Waals surface area (Å²) in [5, 5.41) is 11.1. The van der Waals surface area contributed by atoms with Crippen molar-refractivity contribution < 1.29 is 9.21 Å². The van der Waals surface area contributed by atoms with E-state index in [1.807, 2.05) is 30.3 Å². The van der Waals surface area contributed by atoms with Gasteiger partial charge in [0, 0.05) is 11.8 Å². The normalized spacial score (nSPS) is 11.9. The van der Waals surface area contributed by atoms with Crippen molar-refractivity contribution in [2.45, 2.75) is 17.4 Å². The summed E-state index contributed by atoms with van der Waals surface area (Å²) in [6.45, 7) is 1.75. The molecule has 1 N–H and O–H groups in total. The summed E-state index contributed by atoms with van der Waals surface area (Å²) in [5.41, 5.74) is 0.833. The smallest absolute Gasteiger partial charge is 0.277 e. The first kappa shape index (κ1) is 16.5. The lowest BCUT2D eigenvalue weighted by Crippen LogP contribution is -2.22. The van der Waals surface area contributed by atoms with Crippen LogP contribution in [-0.4, -0.2) is 26.3 Å². The van der Waals surface area contributed by atoms with E-state index >= 15 is 0 Å². The summed E-state index contributed by atoms with van der Waals surface area (Å²) in [4.78, 5) is 16.2. The Labute approximate surface area is 147 Å². The van der Waals surface area contributed by atoms with Crippen LogP contribution in [0.25, 0.3) is 11.5 Å². The van der Waals surface area contributed by atoms with E-state index < -0.39 is 5.25 Å². The number of thioether (sulfide) groups is 1. The Balaban J connectivity index is 1.62. The SMILES string of the molecule is C[C@H](Sc1nnc(-c2ccccc2)o1)C(=O)Nc1ccc(Cl)cn1. The van der Waals surface area contributed by atoms with Crippen molar-refractivity contribution in [2.24, 2.45) is 0 Å². The van der Waals surface area contributed by atoms with Gasteiger partial charge in [-0.25, -0.2) is 4.98 Å². The van der Waals surface area contributed by atoms with Crippen molar-refractivity contribution in [3.8, 4) is 11.5 Å². The average molecular weight is 361 g/mol. The fourth-order valence-electron chi connectivity index (χ4n) is 1.84. The molecule has 0 fully saturated rings. The molecule has 0 bridgehead atoms. The summed E-state index contributed by atoms with van der Waals surface area (Å²) in [7, 11) is 0. The molecule has 8 heteroatoms. The van der Waals surface area contributed by atoms with Gasteiger partial charge in [-0.15, -0.1) is 10.2 Å². The summed E-state index contributed by atoms with van der Waals surface area (Å²) in [5.74, 6) is 0.645. The molecule has 0 saturated heterocycles. The van der Waals surface area contributed by atoms with Crippen LogP contribution < -0.4 is 5.32 Å². The van der Waals surface area contributed by atoms with Crippen molar-refractivity contribution in [1.29, 1.82) is 0 Å². The molecular formula is C16H13ClN4O2S. The highest BCUT2D eigenvalue weighted by Crippen LogP contribution is 2.26. The molecule has 1 atom stereocenters. The largest absolute Gasteiger partial charge is 0.411 e. The van der Waals surface area contributed by atoms with Crippen LogP contribution in [0.1, 0.15) is 6.92 Å². The fraction of sp³-hybridized carbons (Fsp3) is 0.125. The molecule has 0 spiro atoms. The first-order chi connectivity index (χ1) is 11.6. The number of amides is 1. The second-order valence-corrected chi connectivity index (χ2v) is 6.58. The maximum Gasteiger partial charge on any atom is 0.277 e. The second kappa shape index (κ2) is 7.46. The van der Waals surface area contributed by atoms with Crippen molar-refractivity contribution in [1.82, 2.24) is 15.2 Å². The van der Waals surface area contributed by atoms with Crippen LogP contribution in [0.15, 0.2) is 58.3 Å². The molecule has 1 amide bonds. The molecule has 0 radical (unpaired) electrons. The molecule has 0 aliphatic rings. The quantitative estimate of drug-likeness (QED) is 0.695. The number of nitrogens with one attached hydrogen (secondary N) is 1. The van der Waals surface area contributed by atoms with Crippen LogP contribution >= 0.6 is 23.4 Å². The van der Waals surface area contributed by atoms with Gasteiger partial charge in [0.05, 0.1) is 10.3 Å². The lowest BCUT2D eigenvalue weighted by Gasteiger charge is -2.09. The number of carbonyl (C=O) groups is 1. The predicted molar refractivity (Wildman–Crippen MR) is 92.9 cm³/mol. The number of carbonyl (C=O) groups excluding carboxylic acids is 1. The van der Waals surface area contributed by atoms with E-state index in [2.05, 4.69) is 20.5 Å². The standard InChI is InChI=1S/C16H13ClN4O2S/c1-10(14(22)19-13-8-7-12(17)9-18-13)24-16-21-20-15(23-16)11-5-3-2-4-6-11/h2-10H,1H3,(H,18,19,22)/t10-/m0/s1. The Hall–Kier alpha value is -2.38. The monoisotopic (exact) mass is 360 g/mol. The van der Waals surface area contributed by atoms with E-state index in [-0.39, 0.29) is 5.91 Å². The van der Waals surface area contributed by atoms with E-state index in [9.17, 15) is 4.79 Å².